The topological polar surface area (TPSA) is 95.0 Å². The van der Waals surface area contributed by atoms with Gasteiger partial charge < -0.3 is 10.4 Å². The van der Waals surface area contributed by atoms with Crippen LogP contribution in [0, 0.1) is 0 Å². The lowest BCUT2D eigenvalue weighted by atomic mass is 10.0. The molecule has 9 heteroatoms. The summed E-state index contributed by atoms with van der Waals surface area (Å²) >= 11 is 1.46. The Kier molecular flexibility index (Phi) is 3.72. The third-order valence-corrected chi connectivity index (χ3v) is 5.77. The lowest BCUT2D eigenvalue weighted by molar-refractivity contribution is -0.662. The number of imidazole rings is 1. The molecule has 2 amide bonds. The summed E-state index contributed by atoms with van der Waals surface area (Å²) in [4.78, 5) is 35.9. The van der Waals surface area contributed by atoms with Gasteiger partial charge in [-0.2, -0.15) is 0 Å². The van der Waals surface area contributed by atoms with Gasteiger partial charge in [0.25, 0.3) is 11.6 Å². The normalized spacial score (nSPS) is 22.6. The van der Waals surface area contributed by atoms with Gasteiger partial charge in [-0.05, 0) is 6.07 Å². The van der Waals surface area contributed by atoms with Gasteiger partial charge in [-0.25, -0.2) is 13.8 Å². The molecule has 2 N–H and O–H groups in total. The zero-order chi connectivity index (χ0) is 17.6. The first-order chi connectivity index (χ1) is 12.1. The number of amides is 2. The second-order valence-corrected chi connectivity index (χ2v) is 6.93. The van der Waals surface area contributed by atoms with Gasteiger partial charge in [0.15, 0.2) is 0 Å². The maximum atomic E-state index is 12.2. The maximum absolute atomic E-state index is 12.2. The largest absolute Gasteiger partial charge is 0.477 e. The Bertz CT molecular complexity index is 922. The molecule has 2 aliphatic rings. The average molecular weight is 359 g/mol. The van der Waals surface area contributed by atoms with Gasteiger partial charge in [0.1, 0.15) is 36.1 Å². The molecule has 2 aromatic heterocycles. The lowest BCUT2D eigenvalue weighted by Crippen LogP contribution is -2.69. The molecule has 1 saturated heterocycles. The number of hydrogen-bond donors (Lipinski definition) is 2. The van der Waals surface area contributed by atoms with Crippen LogP contribution in [-0.2, 0) is 20.9 Å². The summed E-state index contributed by atoms with van der Waals surface area (Å²) in [5, 5.41) is 11.7. The Labute approximate surface area is 146 Å². The lowest BCUT2D eigenvalue weighted by Gasteiger charge is -2.48. The number of pyridine rings is 1. The third kappa shape index (κ3) is 2.39. The summed E-state index contributed by atoms with van der Waals surface area (Å²) < 4.78 is 3.89. The van der Waals surface area contributed by atoms with Crippen molar-refractivity contribution in [2.45, 2.75) is 18.0 Å². The summed E-state index contributed by atoms with van der Waals surface area (Å²) in [6.07, 6.45) is 6.17. The van der Waals surface area contributed by atoms with Gasteiger partial charge >= 0.3 is 5.97 Å². The molecule has 1 fully saturated rings. The minimum absolute atomic E-state index is 0.0282. The van der Waals surface area contributed by atoms with Crippen LogP contribution in [0.1, 0.15) is 0 Å². The first-order valence-electron chi connectivity index (χ1n) is 7.66. The van der Waals surface area contributed by atoms with Crippen molar-refractivity contribution in [3.05, 3.63) is 48.1 Å². The van der Waals surface area contributed by atoms with Crippen molar-refractivity contribution in [2.24, 2.45) is 0 Å². The highest BCUT2D eigenvalue weighted by molar-refractivity contribution is 8.00. The second kappa shape index (κ2) is 5.92. The van der Waals surface area contributed by atoms with Crippen LogP contribution in [0.15, 0.2) is 48.1 Å². The summed E-state index contributed by atoms with van der Waals surface area (Å²) in [7, 11) is 0. The Hall–Kier alpha value is -2.81. The summed E-state index contributed by atoms with van der Waals surface area (Å²) in [6, 6.07) is 5.12. The number of carboxylic acids is 1. The highest BCUT2D eigenvalue weighted by Gasteiger charge is 2.53. The molecule has 25 heavy (non-hydrogen) atoms. The standard InChI is InChI=1S/C16H14N4O4S/c21-9-17-12-14(22)20-13(16(23)24)10(8-25-15(12)20)7-19-6-5-18-4-2-1-3-11(18)19/h1-6,9,12,15H,7-8H2,(H-,17,21,23,24)/p+1/t12-,15-/m1/s1. The molecule has 8 nitrogen and oxygen atoms in total. The number of hydrogen-bond acceptors (Lipinski definition) is 4. The quantitative estimate of drug-likeness (QED) is 0.430. The number of carbonyl (C=O) groups is 3. The van der Waals surface area contributed by atoms with Crippen molar-refractivity contribution in [1.82, 2.24) is 14.6 Å². The molecule has 2 aromatic rings. The summed E-state index contributed by atoms with van der Waals surface area (Å²) in [6.45, 7) is 0.386. The molecular weight excluding hydrogens is 344 g/mol. The fraction of sp³-hybridized carbons (Fsp3) is 0.250. The molecule has 4 heterocycles. The minimum Gasteiger partial charge on any atom is -0.477 e. The molecule has 2 atom stereocenters. The van der Waals surface area contributed by atoms with E-state index < -0.39 is 12.0 Å². The Morgan fingerprint density at radius 2 is 2.28 bits per heavy atom. The van der Waals surface area contributed by atoms with E-state index in [1.54, 1.807) is 0 Å². The number of carboxylic acid groups (broad SMARTS) is 1. The van der Waals surface area contributed by atoms with E-state index in [2.05, 4.69) is 5.32 Å². The van der Waals surface area contributed by atoms with Crippen LogP contribution in [0.4, 0.5) is 0 Å². The molecule has 0 aromatic carbocycles. The van der Waals surface area contributed by atoms with E-state index >= 15 is 0 Å². The van der Waals surface area contributed by atoms with Crippen molar-refractivity contribution in [1.29, 1.82) is 0 Å². The van der Waals surface area contributed by atoms with Crippen LogP contribution in [0.5, 0.6) is 0 Å². The van der Waals surface area contributed by atoms with E-state index in [0.717, 1.165) is 5.65 Å². The number of aliphatic carboxylic acids is 1. The van der Waals surface area contributed by atoms with Crippen molar-refractivity contribution >= 4 is 35.7 Å². The van der Waals surface area contributed by atoms with E-state index in [1.807, 2.05) is 45.8 Å². The number of β-lactam (4-membered cyclic amide) rings is 1. The zero-order valence-corrected chi connectivity index (χ0v) is 13.8. The Morgan fingerprint density at radius 1 is 1.44 bits per heavy atom. The monoisotopic (exact) mass is 359 g/mol. The number of fused-ring (bicyclic) bond motifs is 2. The molecule has 4 rings (SSSR count). The van der Waals surface area contributed by atoms with E-state index in [1.165, 1.54) is 16.7 Å². The predicted molar refractivity (Wildman–Crippen MR) is 88.3 cm³/mol. The molecular formula is C16H15N4O4S+. The summed E-state index contributed by atoms with van der Waals surface area (Å²) in [5.74, 6) is -1.02. The van der Waals surface area contributed by atoms with Crippen LogP contribution in [0.2, 0.25) is 0 Å². The van der Waals surface area contributed by atoms with Gasteiger partial charge in [0.05, 0.1) is 6.20 Å². The average Bonchev–Trinajstić information content (AvgIpc) is 3.02. The fourth-order valence-electron chi connectivity index (χ4n) is 3.28. The summed E-state index contributed by atoms with van der Waals surface area (Å²) in [5.41, 5.74) is 1.64. The highest BCUT2D eigenvalue weighted by atomic mass is 32.2. The number of nitrogens with zero attached hydrogens (tertiary/aromatic N) is 3. The van der Waals surface area contributed by atoms with Gasteiger partial charge in [-0.3, -0.25) is 14.5 Å². The maximum Gasteiger partial charge on any atom is 0.352 e. The second-order valence-electron chi connectivity index (χ2n) is 5.82. The van der Waals surface area contributed by atoms with Gasteiger partial charge in [-0.1, -0.05) is 6.07 Å². The minimum atomic E-state index is -1.12. The van der Waals surface area contributed by atoms with Crippen LogP contribution < -0.4 is 9.88 Å². The molecule has 0 unspecified atom stereocenters. The van der Waals surface area contributed by atoms with Gasteiger partial charge in [0.2, 0.25) is 6.41 Å². The number of rotatable bonds is 5. The Morgan fingerprint density at radius 3 is 3.04 bits per heavy atom. The van der Waals surface area contributed by atoms with E-state index in [4.69, 9.17) is 0 Å². The zero-order valence-electron chi connectivity index (χ0n) is 13.0. The molecule has 0 bridgehead atoms. The van der Waals surface area contributed by atoms with E-state index in [9.17, 15) is 19.5 Å². The molecule has 2 aliphatic heterocycles. The number of nitrogens with one attached hydrogen (secondary N) is 1. The van der Waals surface area contributed by atoms with Crippen molar-refractivity contribution in [3.8, 4) is 0 Å². The van der Waals surface area contributed by atoms with Crippen molar-refractivity contribution in [2.75, 3.05) is 5.75 Å². The Balaban J connectivity index is 1.69. The first kappa shape index (κ1) is 15.7. The van der Waals surface area contributed by atoms with Crippen LogP contribution in [0.25, 0.3) is 5.65 Å². The van der Waals surface area contributed by atoms with Crippen LogP contribution in [0.3, 0.4) is 0 Å². The van der Waals surface area contributed by atoms with Gasteiger partial charge in [0, 0.05) is 17.4 Å². The highest BCUT2D eigenvalue weighted by Crippen LogP contribution is 2.40. The molecule has 0 saturated carbocycles. The predicted octanol–water partition coefficient (Wildman–Crippen LogP) is -0.405. The SMILES string of the molecule is O=CN[C@@H]1C(=O)N2C(C(=O)O)=C(C[n+]3ccn4ccccc43)CS[C@H]12. The smallest absolute Gasteiger partial charge is 0.352 e. The van der Waals surface area contributed by atoms with Gasteiger partial charge in [-0.15, -0.1) is 11.8 Å². The number of thioether (sulfide) groups is 1. The van der Waals surface area contributed by atoms with Crippen LogP contribution in [-0.4, -0.2) is 49.9 Å². The van der Waals surface area contributed by atoms with E-state index in [0.29, 0.717) is 24.3 Å². The molecule has 128 valence electrons. The molecule has 0 aliphatic carbocycles. The van der Waals surface area contributed by atoms with Crippen molar-refractivity contribution in [3.63, 3.8) is 0 Å². The van der Waals surface area contributed by atoms with Crippen molar-refractivity contribution < 1.29 is 24.1 Å². The number of aromatic nitrogens is 2. The first-order valence-corrected chi connectivity index (χ1v) is 8.71. The fourth-order valence-corrected chi connectivity index (χ4v) is 4.63. The molecule has 0 radical (unpaired) electrons. The molecule has 0 spiro atoms. The number of carbonyl (C=O) groups excluding carboxylic acids is 2. The third-order valence-electron chi connectivity index (χ3n) is 4.43. The van der Waals surface area contributed by atoms with Crippen LogP contribution >= 0.6 is 11.8 Å². The van der Waals surface area contributed by atoms with E-state index in [-0.39, 0.29) is 17.0 Å².